The molecule has 0 saturated carbocycles. The van der Waals surface area contributed by atoms with E-state index in [4.69, 9.17) is 0 Å². The Morgan fingerprint density at radius 3 is 2.32 bits per heavy atom. The molecule has 144 valence electrons. The molecule has 0 radical (unpaired) electrons. The third kappa shape index (κ3) is 3.91. The van der Waals surface area contributed by atoms with Crippen LogP contribution in [0.4, 0.5) is 5.95 Å². The highest BCUT2D eigenvalue weighted by Gasteiger charge is 2.26. The third-order valence-corrected chi connectivity index (χ3v) is 5.37. The number of hydrogen-bond donors (Lipinski definition) is 0. The number of amides is 1. The second kappa shape index (κ2) is 8.25. The number of benzene rings is 1. The zero-order valence-corrected chi connectivity index (χ0v) is 16.1. The van der Waals surface area contributed by atoms with E-state index in [1.807, 2.05) is 47.6 Å². The quantitative estimate of drug-likeness (QED) is 0.688. The van der Waals surface area contributed by atoms with Crippen molar-refractivity contribution in [2.45, 2.75) is 19.4 Å². The van der Waals surface area contributed by atoms with Crippen LogP contribution in [0.25, 0.3) is 0 Å². The van der Waals surface area contributed by atoms with Crippen molar-refractivity contribution in [2.75, 3.05) is 31.1 Å². The van der Waals surface area contributed by atoms with E-state index in [1.165, 1.54) is 11.1 Å². The molecule has 1 aliphatic rings. The van der Waals surface area contributed by atoms with Crippen molar-refractivity contribution in [1.82, 2.24) is 19.4 Å². The summed E-state index contributed by atoms with van der Waals surface area (Å²) in [7, 11) is 0. The monoisotopic (exact) mass is 375 g/mol. The highest BCUT2D eigenvalue weighted by atomic mass is 16.2. The van der Waals surface area contributed by atoms with E-state index in [0.717, 1.165) is 19.0 Å². The predicted octanol–water partition coefficient (Wildman–Crippen LogP) is 2.91. The summed E-state index contributed by atoms with van der Waals surface area (Å²) in [6.07, 6.45) is 8.04. The topological polar surface area (TPSA) is 54.3 Å². The van der Waals surface area contributed by atoms with Crippen molar-refractivity contribution in [3.63, 3.8) is 0 Å². The normalized spacial score (nSPS) is 15.5. The summed E-state index contributed by atoms with van der Waals surface area (Å²) in [4.78, 5) is 25.8. The molecule has 6 heteroatoms. The Labute approximate surface area is 165 Å². The smallest absolute Gasteiger partial charge is 0.225 e. The highest BCUT2D eigenvalue weighted by Crippen LogP contribution is 2.26. The molecule has 1 saturated heterocycles. The molecular weight excluding hydrogens is 350 g/mol. The minimum atomic E-state index is 0.0131. The number of nitrogens with zero attached hydrogens (tertiary/aromatic N) is 5. The van der Waals surface area contributed by atoms with E-state index >= 15 is 0 Å². The molecule has 28 heavy (non-hydrogen) atoms. The van der Waals surface area contributed by atoms with E-state index in [9.17, 15) is 4.79 Å². The summed E-state index contributed by atoms with van der Waals surface area (Å²) >= 11 is 0. The summed E-state index contributed by atoms with van der Waals surface area (Å²) in [5, 5.41) is 0. The van der Waals surface area contributed by atoms with Crippen molar-refractivity contribution in [2.24, 2.45) is 0 Å². The zero-order chi connectivity index (χ0) is 19.3. The molecule has 1 aliphatic heterocycles. The number of carbonyl (C=O) groups excluding carboxylic acids is 1. The Hall–Kier alpha value is -3.15. The fourth-order valence-corrected chi connectivity index (χ4v) is 3.80. The van der Waals surface area contributed by atoms with Gasteiger partial charge in [-0.1, -0.05) is 24.3 Å². The van der Waals surface area contributed by atoms with Crippen LogP contribution in [0.5, 0.6) is 0 Å². The van der Waals surface area contributed by atoms with Gasteiger partial charge in [-0.25, -0.2) is 9.97 Å². The van der Waals surface area contributed by atoms with Gasteiger partial charge in [-0.2, -0.15) is 0 Å². The molecular formula is C22H25N5O. The molecule has 3 heterocycles. The largest absolute Gasteiger partial charge is 0.346 e. The maximum Gasteiger partial charge on any atom is 0.225 e. The van der Waals surface area contributed by atoms with Crippen LogP contribution < -0.4 is 4.90 Å². The van der Waals surface area contributed by atoms with E-state index in [2.05, 4.69) is 38.5 Å². The second-order valence-electron chi connectivity index (χ2n) is 7.12. The minimum absolute atomic E-state index is 0.0131. The van der Waals surface area contributed by atoms with Crippen molar-refractivity contribution < 1.29 is 4.79 Å². The summed E-state index contributed by atoms with van der Waals surface area (Å²) in [5.41, 5.74) is 2.41. The lowest BCUT2D eigenvalue weighted by molar-refractivity contribution is -0.132. The van der Waals surface area contributed by atoms with Gasteiger partial charge in [-0.15, -0.1) is 0 Å². The summed E-state index contributed by atoms with van der Waals surface area (Å²) in [5.74, 6) is 0.926. The minimum Gasteiger partial charge on any atom is -0.346 e. The van der Waals surface area contributed by atoms with Crippen molar-refractivity contribution in [1.29, 1.82) is 0 Å². The summed E-state index contributed by atoms with van der Waals surface area (Å²) < 4.78 is 2.13. The van der Waals surface area contributed by atoms with Gasteiger partial charge in [0.15, 0.2) is 0 Å². The molecule has 1 amide bonds. The first-order chi connectivity index (χ1) is 13.7. The molecule has 1 aromatic carbocycles. The summed E-state index contributed by atoms with van der Waals surface area (Å²) in [6, 6.07) is 14.2. The number of hydrogen-bond acceptors (Lipinski definition) is 4. The van der Waals surface area contributed by atoms with Crippen LogP contribution in [0, 0.1) is 6.92 Å². The van der Waals surface area contributed by atoms with Crippen molar-refractivity contribution in [3.05, 3.63) is 78.4 Å². The first-order valence-corrected chi connectivity index (χ1v) is 9.70. The molecule has 1 atom stereocenters. The van der Waals surface area contributed by atoms with Gasteiger partial charge in [0.05, 0.1) is 12.5 Å². The number of carbonyl (C=O) groups is 1. The van der Waals surface area contributed by atoms with Gasteiger partial charge < -0.3 is 14.4 Å². The standard InChI is InChI=1S/C22H25N5O/c1-18-7-2-3-8-19(18)20(25-11-4-5-12-25)17-21(28)26-13-15-27(16-14-26)22-23-9-6-10-24-22/h2-12,20H,13-17H2,1H3/t20-/m0/s1. The average Bonchev–Trinajstić information content (AvgIpc) is 3.28. The number of rotatable bonds is 5. The number of aromatic nitrogens is 3. The van der Waals surface area contributed by atoms with Gasteiger partial charge in [0, 0.05) is 51.0 Å². The summed E-state index contributed by atoms with van der Waals surface area (Å²) in [6.45, 7) is 5.02. The first-order valence-electron chi connectivity index (χ1n) is 9.70. The van der Waals surface area contributed by atoms with E-state index < -0.39 is 0 Å². The molecule has 0 N–H and O–H groups in total. The van der Waals surface area contributed by atoms with Gasteiger partial charge in [-0.05, 0) is 36.2 Å². The van der Waals surface area contributed by atoms with Crippen LogP contribution in [0.3, 0.4) is 0 Å². The lowest BCUT2D eigenvalue weighted by Gasteiger charge is -2.35. The number of piperazine rings is 1. The maximum absolute atomic E-state index is 13.1. The molecule has 2 aromatic heterocycles. The van der Waals surface area contributed by atoms with E-state index in [0.29, 0.717) is 19.5 Å². The third-order valence-electron chi connectivity index (χ3n) is 5.37. The van der Waals surface area contributed by atoms with E-state index in [-0.39, 0.29) is 11.9 Å². The van der Waals surface area contributed by atoms with Crippen LogP contribution in [0.15, 0.2) is 67.3 Å². The Balaban J connectivity index is 1.45. The highest BCUT2D eigenvalue weighted by molar-refractivity contribution is 5.77. The van der Waals surface area contributed by atoms with Crippen LogP contribution in [0.1, 0.15) is 23.6 Å². The molecule has 4 rings (SSSR count). The van der Waals surface area contributed by atoms with Gasteiger partial charge in [0.2, 0.25) is 11.9 Å². The average molecular weight is 375 g/mol. The SMILES string of the molecule is Cc1ccccc1[C@H](CC(=O)N1CCN(c2ncccn2)CC1)n1cccc1. The Morgan fingerprint density at radius 2 is 1.64 bits per heavy atom. The number of aryl methyl sites for hydroxylation is 1. The lowest BCUT2D eigenvalue weighted by atomic mass is 9.98. The van der Waals surface area contributed by atoms with Crippen LogP contribution >= 0.6 is 0 Å². The second-order valence-corrected chi connectivity index (χ2v) is 7.12. The van der Waals surface area contributed by atoms with Gasteiger partial charge >= 0.3 is 0 Å². The van der Waals surface area contributed by atoms with E-state index in [1.54, 1.807) is 12.4 Å². The number of anilines is 1. The molecule has 0 spiro atoms. The van der Waals surface area contributed by atoms with Crippen LogP contribution in [-0.2, 0) is 4.79 Å². The van der Waals surface area contributed by atoms with Gasteiger partial charge in [0.25, 0.3) is 0 Å². The van der Waals surface area contributed by atoms with Gasteiger partial charge in [0.1, 0.15) is 0 Å². The van der Waals surface area contributed by atoms with Crippen molar-refractivity contribution >= 4 is 11.9 Å². The maximum atomic E-state index is 13.1. The van der Waals surface area contributed by atoms with Crippen LogP contribution in [-0.4, -0.2) is 51.5 Å². The Kier molecular flexibility index (Phi) is 5.37. The Bertz CT molecular complexity index is 902. The lowest BCUT2D eigenvalue weighted by Crippen LogP contribution is -2.49. The van der Waals surface area contributed by atoms with Crippen molar-refractivity contribution in [3.8, 4) is 0 Å². The predicted molar refractivity (Wildman–Crippen MR) is 109 cm³/mol. The first kappa shape index (κ1) is 18.2. The molecule has 3 aromatic rings. The molecule has 0 unspecified atom stereocenters. The molecule has 0 aliphatic carbocycles. The fourth-order valence-electron chi connectivity index (χ4n) is 3.80. The van der Waals surface area contributed by atoms with Gasteiger partial charge in [-0.3, -0.25) is 4.79 Å². The fraction of sp³-hybridized carbons (Fsp3) is 0.318. The van der Waals surface area contributed by atoms with Crippen LogP contribution in [0.2, 0.25) is 0 Å². The zero-order valence-electron chi connectivity index (χ0n) is 16.1. The molecule has 1 fully saturated rings. The Morgan fingerprint density at radius 1 is 0.964 bits per heavy atom. The molecule has 6 nitrogen and oxygen atoms in total. The molecule has 0 bridgehead atoms.